The molecule has 0 saturated carbocycles. The Kier molecular flexibility index (Phi) is 2.73. The van der Waals surface area contributed by atoms with E-state index >= 15 is 0 Å². The molecule has 0 bridgehead atoms. The Hall–Kier alpha value is -0.630. The first-order valence-electron chi connectivity index (χ1n) is 5.57. The Balaban J connectivity index is 1.85. The Morgan fingerprint density at radius 3 is 2.50 bits per heavy atom. The lowest BCUT2D eigenvalue weighted by atomic mass is 9.73. The minimum absolute atomic E-state index is 0.272. The van der Waals surface area contributed by atoms with Gasteiger partial charge >= 0.3 is 0 Å². The lowest BCUT2D eigenvalue weighted by Gasteiger charge is -2.37. The molecular weight excluding hydrogens is 174 g/mol. The van der Waals surface area contributed by atoms with Crippen molar-refractivity contribution in [3.63, 3.8) is 0 Å². The number of carbonyl (C=O) groups is 1. The van der Waals surface area contributed by atoms with E-state index in [4.69, 9.17) is 0 Å². The van der Waals surface area contributed by atoms with E-state index in [2.05, 4.69) is 18.0 Å². The first-order chi connectivity index (χ1) is 6.66. The van der Waals surface area contributed by atoms with Crippen molar-refractivity contribution in [1.82, 2.24) is 4.90 Å². The predicted molar refractivity (Wildman–Crippen MR) is 57.1 cm³/mol. The van der Waals surface area contributed by atoms with Crippen molar-refractivity contribution >= 4 is 5.78 Å². The molecule has 2 heteroatoms. The average Bonchev–Trinajstić information content (AvgIpc) is 2.05. The third kappa shape index (κ3) is 1.90. The maximum atomic E-state index is 11.0. The molecule has 1 aliphatic carbocycles. The van der Waals surface area contributed by atoms with Gasteiger partial charge < -0.3 is 4.90 Å². The number of hydrogen-bond acceptors (Lipinski definition) is 2. The van der Waals surface area contributed by atoms with Gasteiger partial charge in [0, 0.05) is 0 Å². The van der Waals surface area contributed by atoms with Crippen molar-refractivity contribution in [2.24, 2.45) is 11.8 Å². The zero-order chi connectivity index (χ0) is 10.1. The number of piperidine rings is 1. The summed E-state index contributed by atoms with van der Waals surface area (Å²) >= 11 is 0. The molecule has 0 aromatic carbocycles. The van der Waals surface area contributed by atoms with Gasteiger partial charge in [-0.05, 0) is 63.7 Å². The van der Waals surface area contributed by atoms with E-state index in [1.807, 2.05) is 0 Å². The topological polar surface area (TPSA) is 20.3 Å². The lowest BCUT2D eigenvalue weighted by molar-refractivity contribution is -0.114. The Labute approximate surface area is 86.0 Å². The number of rotatable bonds is 2. The fourth-order valence-corrected chi connectivity index (χ4v) is 2.50. The first kappa shape index (κ1) is 9.91. The molecule has 0 aromatic heterocycles. The SMILES string of the molecule is CC(=O)C1=CC(C2CCN(C)CC2)C1. The summed E-state index contributed by atoms with van der Waals surface area (Å²) in [4.78, 5) is 13.4. The lowest BCUT2D eigenvalue weighted by Crippen LogP contribution is -2.35. The van der Waals surface area contributed by atoms with Gasteiger partial charge in [0.15, 0.2) is 5.78 Å². The molecule has 1 atom stereocenters. The molecule has 14 heavy (non-hydrogen) atoms. The third-order valence-corrected chi connectivity index (χ3v) is 3.69. The average molecular weight is 193 g/mol. The summed E-state index contributed by atoms with van der Waals surface area (Å²) in [5.74, 6) is 1.83. The summed E-state index contributed by atoms with van der Waals surface area (Å²) in [5, 5.41) is 0. The molecule has 0 N–H and O–H groups in total. The van der Waals surface area contributed by atoms with Crippen molar-refractivity contribution < 1.29 is 4.79 Å². The fourth-order valence-electron chi connectivity index (χ4n) is 2.50. The normalized spacial score (nSPS) is 29.6. The largest absolute Gasteiger partial charge is 0.306 e. The second-order valence-corrected chi connectivity index (χ2v) is 4.76. The van der Waals surface area contributed by atoms with E-state index in [0.29, 0.717) is 5.92 Å². The molecule has 2 rings (SSSR count). The van der Waals surface area contributed by atoms with Gasteiger partial charge in [-0.25, -0.2) is 0 Å². The van der Waals surface area contributed by atoms with Gasteiger partial charge in [0.05, 0.1) is 0 Å². The summed E-state index contributed by atoms with van der Waals surface area (Å²) in [5.41, 5.74) is 1.06. The minimum Gasteiger partial charge on any atom is -0.306 e. The number of nitrogens with zero attached hydrogens (tertiary/aromatic N) is 1. The second kappa shape index (κ2) is 3.85. The van der Waals surface area contributed by atoms with E-state index in [0.717, 1.165) is 17.9 Å². The molecule has 1 aliphatic heterocycles. The van der Waals surface area contributed by atoms with Gasteiger partial charge in [0.1, 0.15) is 0 Å². The van der Waals surface area contributed by atoms with E-state index in [1.54, 1.807) is 6.92 Å². The third-order valence-electron chi connectivity index (χ3n) is 3.69. The summed E-state index contributed by atoms with van der Waals surface area (Å²) in [6, 6.07) is 0. The summed E-state index contributed by atoms with van der Waals surface area (Å²) in [6.07, 6.45) is 5.87. The van der Waals surface area contributed by atoms with Gasteiger partial charge in [-0.2, -0.15) is 0 Å². The standard InChI is InChI=1S/C12H19NO/c1-9(14)11-7-12(8-11)10-3-5-13(2)6-4-10/h7,10,12H,3-6,8H2,1-2H3. The molecule has 2 nitrogen and oxygen atoms in total. The molecule has 0 radical (unpaired) electrons. The highest BCUT2D eigenvalue weighted by Gasteiger charge is 2.30. The van der Waals surface area contributed by atoms with Crippen LogP contribution >= 0.6 is 0 Å². The second-order valence-electron chi connectivity index (χ2n) is 4.76. The van der Waals surface area contributed by atoms with Crippen LogP contribution in [0.1, 0.15) is 26.2 Å². The van der Waals surface area contributed by atoms with Crippen molar-refractivity contribution in [3.05, 3.63) is 11.6 Å². The molecule has 0 amide bonds. The van der Waals surface area contributed by atoms with E-state index < -0.39 is 0 Å². The molecule has 1 saturated heterocycles. The van der Waals surface area contributed by atoms with Crippen molar-refractivity contribution in [1.29, 1.82) is 0 Å². The van der Waals surface area contributed by atoms with E-state index in [1.165, 1.54) is 25.9 Å². The van der Waals surface area contributed by atoms with Crippen LogP contribution in [0.4, 0.5) is 0 Å². The van der Waals surface area contributed by atoms with Gasteiger partial charge in [-0.3, -0.25) is 4.79 Å². The van der Waals surface area contributed by atoms with Crippen molar-refractivity contribution in [2.75, 3.05) is 20.1 Å². The molecule has 1 heterocycles. The number of carbonyl (C=O) groups excluding carboxylic acids is 1. The van der Waals surface area contributed by atoms with E-state index in [9.17, 15) is 4.79 Å². The maximum Gasteiger partial charge on any atom is 0.155 e. The first-order valence-corrected chi connectivity index (χ1v) is 5.57. The summed E-state index contributed by atoms with van der Waals surface area (Å²) in [7, 11) is 2.19. The molecule has 0 spiro atoms. The molecular formula is C12H19NO. The highest BCUT2D eigenvalue weighted by atomic mass is 16.1. The number of ketones is 1. The fraction of sp³-hybridized carbons (Fsp3) is 0.750. The highest BCUT2D eigenvalue weighted by Crippen LogP contribution is 2.37. The quantitative estimate of drug-likeness (QED) is 0.667. The Morgan fingerprint density at radius 2 is 2.00 bits per heavy atom. The minimum atomic E-state index is 0.272. The van der Waals surface area contributed by atoms with Crippen LogP contribution < -0.4 is 0 Å². The predicted octanol–water partition coefficient (Wildman–Crippen LogP) is 1.86. The summed E-state index contributed by atoms with van der Waals surface area (Å²) < 4.78 is 0. The van der Waals surface area contributed by atoms with Crippen LogP contribution in [0.3, 0.4) is 0 Å². The number of likely N-dealkylation sites (tertiary alicyclic amines) is 1. The zero-order valence-electron chi connectivity index (χ0n) is 9.12. The molecule has 1 fully saturated rings. The number of allylic oxidation sites excluding steroid dienone is 2. The van der Waals surface area contributed by atoms with Crippen LogP contribution in [0.15, 0.2) is 11.6 Å². The smallest absolute Gasteiger partial charge is 0.155 e. The molecule has 0 aromatic rings. The van der Waals surface area contributed by atoms with Crippen LogP contribution in [0, 0.1) is 11.8 Å². The van der Waals surface area contributed by atoms with Crippen LogP contribution in [0.2, 0.25) is 0 Å². The van der Waals surface area contributed by atoms with Crippen LogP contribution in [-0.4, -0.2) is 30.8 Å². The maximum absolute atomic E-state index is 11.0. The molecule has 78 valence electrons. The van der Waals surface area contributed by atoms with E-state index in [-0.39, 0.29) is 5.78 Å². The van der Waals surface area contributed by atoms with Crippen LogP contribution in [-0.2, 0) is 4.79 Å². The number of hydrogen-bond donors (Lipinski definition) is 0. The van der Waals surface area contributed by atoms with Crippen LogP contribution in [0.25, 0.3) is 0 Å². The van der Waals surface area contributed by atoms with Gasteiger partial charge in [0.2, 0.25) is 0 Å². The van der Waals surface area contributed by atoms with Gasteiger partial charge in [-0.15, -0.1) is 0 Å². The van der Waals surface area contributed by atoms with Gasteiger partial charge in [-0.1, -0.05) is 6.08 Å². The van der Waals surface area contributed by atoms with Gasteiger partial charge in [0.25, 0.3) is 0 Å². The molecule has 2 aliphatic rings. The Bertz CT molecular complexity index is 261. The highest BCUT2D eigenvalue weighted by molar-refractivity contribution is 5.94. The van der Waals surface area contributed by atoms with Crippen molar-refractivity contribution in [3.8, 4) is 0 Å². The summed E-state index contributed by atoms with van der Waals surface area (Å²) in [6.45, 7) is 4.13. The zero-order valence-corrected chi connectivity index (χ0v) is 9.12. The molecule has 1 unspecified atom stereocenters. The monoisotopic (exact) mass is 193 g/mol. The van der Waals surface area contributed by atoms with Crippen molar-refractivity contribution in [2.45, 2.75) is 26.2 Å². The Morgan fingerprint density at radius 1 is 1.43 bits per heavy atom. The number of Topliss-reactive ketones (excluding diaryl/α,β-unsaturated/α-hetero) is 1. The van der Waals surface area contributed by atoms with Crippen LogP contribution in [0.5, 0.6) is 0 Å².